The Labute approximate surface area is 107 Å². The van der Waals surface area contributed by atoms with Gasteiger partial charge in [-0.3, -0.25) is 0 Å². The maximum atomic E-state index is 5.82. The third-order valence-corrected chi connectivity index (χ3v) is 3.72. The summed E-state index contributed by atoms with van der Waals surface area (Å²) in [6.07, 6.45) is 6.37. The van der Waals surface area contributed by atoms with E-state index in [0.717, 1.165) is 26.0 Å². The molecule has 0 aromatic rings. The van der Waals surface area contributed by atoms with Gasteiger partial charge in [0.15, 0.2) is 0 Å². The fraction of sp³-hybridized carbons (Fsp3) is 0.867. The van der Waals surface area contributed by atoms with Crippen molar-refractivity contribution >= 4 is 0 Å². The van der Waals surface area contributed by atoms with Crippen molar-refractivity contribution < 1.29 is 4.74 Å². The Kier molecular flexibility index (Phi) is 6.83. The summed E-state index contributed by atoms with van der Waals surface area (Å²) >= 11 is 0. The van der Waals surface area contributed by atoms with E-state index in [0.29, 0.717) is 18.1 Å². The molecule has 2 heteroatoms. The molecule has 0 bridgehead atoms. The Hall–Kier alpha value is -0.340. The molecule has 0 spiro atoms. The first kappa shape index (κ1) is 14.7. The van der Waals surface area contributed by atoms with E-state index in [4.69, 9.17) is 4.74 Å². The van der Waals surface area contributed by atoms with Crippen LogP contribution in [0.1, 0.15) is 52.9 Å². The van der Waals surface area contributed by atoms with Crippen LogP contribution in [0.2, 0.25) is 0 Å². The summed E-state index contributed by atoms with van der Waals surface area (Å²) in [5, 5.41) is 3.71. The third-order valence-electron chi connectivity index (χ3n) is 3.72. The number of nitrogens with one attached hydrogen (secondary N) is 1. The molecule has 1 heterocycles. The van der Waals surface area contributed by atoms with Crippen molar-refractivity contribution in [3.05, 3.63) is 12.2 Å². The molecule has 1 N–H and O–H groups in total. The zero-order valence-corrected chi connectivity index (χ0v) is 11.8. The van der Waals surface area contributed by atoms with Crippen LogP contribution in [-0.4, -0.2) is 25.3 Å². The second-order valence-electron chi connectivity index (χ2n) is 5.33. The van der Waals surface area contributed by atoms with E-state index >= 15 is 0 Å². The Morgan fingerprint density at radius 2 is 2.24 bits per heavy atom. The van der Waals surface area contributed by atoms with Crippen molar-refractivity contribution in [2.45, 2.75) is 65.0 Å². The van der Waals surface area contributed by atoms with Crippen molar-refractivity contribution in [3.8, 4) is 0 Å². The molecule has 3 unspecified atom stereocenters. The van der Waals surface area contributed by atoms with Gasteiger partial charge in [0.1, 0.15) is 0 Å². The number of ether oxygens (including phenoxy) is 1. The summed E-state index contributed by atoms with van der Waals surface area (Å²) in [5.74, 6) is 0.700. The molecule has 0 aromatic heterocycles. The zero-order valence-electron chi connectivity index (χ0n) is 11.8. The maximum absolute atomic E-state index is 5.82. The Bertz CT molecular complexity index is 227. The predicted molar refractivity (Wildman–Crippen MR) is 74.3 cm³/mol. The molecule has 1 saturated heterocycles. The van der Waals surface area contributed by atoms with Gasteiger partial charge in [0.25, 0.3) is 0 Å². The Balaban J connectivity index is 2.50. The van der Waals surface area contributed by atoms with E-state index in [1.165, 1.54) is 24.8 Å². The van der Waals surface area contributed by atoms with Crippen molar-refractivity contribution in [3.63, 3.8) is 0 Å². The van der Waals surface area contributed by atoms with Crippen LogP contribution in [0.4, 0.5) is 0 Å². The van der Waals surface area contributed by atoms with Crippen molar-refractivity contribution in [1.29, 1.82) is 0 Å². The summed E-state index contributed by atoms with van der Waals surface area (Å²) in [6.45, 7) is 12.7. The molecular weight excluding hydrogens is 210 g/mol. The van der Waals surface area contributed by atoms with Gasteiger partial charge in [0, 0.05) is 18.6 Å². The highest BCUT2D eigenvalue weighted by Crippen LogP contribution is 2.29. The fourth-order valence-electron chi connectivity index (χ4n) is 2.75. The summed E-state index contributed by atoms with van der Waals surface area (Å²) < 4.78 is 5.82. The van der Waals surface area contributed by atoms with Crippen LogP contribution in [0.25, 0.3) is 0 Å². The highest BCUT2D eigenvalue weighted by atomic mass is 16.5. The van der Waals surface area contributed by atoms with Gasteiger partial charge >= 0.3 is 0 Å². The van der Waals surface area contributed by atoms with E-state index in [1.807, 2.05) is 0 Å². The zero-order chi connectivity index (χ0) is 12.7. The first-order valence-corrected chi connectivity index (χ1v) is 7.18. The largest absolute Gasteiger partial charge is 0.378 e. The van der Waals surface area contributed by atoms with Gasteiger partial charge < -0.3 is 10.1 Å². The standard InChI is InChI=1S/C15H29NO/c1-5-10-16-14(8-7-12(3)4)13-9-11-17-15(13)6-2/h13-16H,3,5-11H2,1-2,4H3. The van der Waals surface area contributed by atoms with E-state index < -0.39 is 0 Å². The van der Waals surface area contributed by atoms with E-state index in [-0.39, 0.29) is 0 Å². The van der Waals surface area contributed by atoms with E-state index in [1.54, 1.807) is 0 Å². The minimum atomic E-state index is 0.467. The number of hydrogen-bond donors (Lipinski definition) is 1. The molecule has 1 aliphatic rings. The van der Waals surface area contributed by atoms with Gasteiger partial charge in [-0.1, -0.05) is 19.4 Å². The minimum absolute atomic E-state index is 0.467. The highest BCUT2D eigenvalue weighted by Gasteiger charge is 2.32. The molecule has 2 nitrogen and oxygen atoms in total. The molecule has 0 aromatic carbocycles. The Morgan fingerprint density at radius 1 is 1.47 bits per heavy atom. The summed E-state index contributed by atoms with van der Waals surface area (Å²) in [4.78, 5) is 0. The van der Waals surface area contributed by atoms with Crippen LogP contribution in [0.15, 0.2) is 12.2 Å². The summed E-state index contributed by atoms with van der Waals surface area (Å²) in [5.41, 5.74) is 1.29. The van der Waals surface area contributed by atoms with Gasteiger partial charge in [-0.15, -0.1) is 6.58 Å². The van der Waals surface area contributed by atoms with Crippen LogP contribution >= 0.6 is 0 Å². The van der Waals surface area contributed by atoms with Gasteiger partial charge in [-0.2, -0.15) is 0 Å². The van der Waals surface area contributed by atoms with E-state index in [9.17, 15) is 0 Å². The number of rotatable bonds is 8. The first-order valence-electron chi connectivity index (χ1n) is 7.18. The lowest BCUT2D eigenvalue weighted by molar-refractivity contribution is 0.0765. The number of allylic oxidation sites excluding steroid dienone is 1. The molecule has 3 atom stereocenters. The second kappa shape index (κ2) is 7.88. The van der Waals surface area contributed by atoms with Gasteiger partial charge in [-0.05, 0) is 45.6 Å². The lowest BCUT2D eigenvalue weighted by Gasteiger charge is -2.28. The van der Waals surface area contributed by atoms with Crippen LogP contribution < -0.4 is 5.32 Å². The molecule has 0 aliphatic carbocycles. The topological polar surface area (TPSA) is 21.3 Å². The van der Waals surface area contributed by atoms with Crippen LogP contribution in [-0.2, 0) is 4.74 Å². The number of hydrogen-bond acceptors (Lipinski definition) is 2. The van der Waals surface area contributed by atoms with E-state index in [2.05, 4.69) is 32.7 Å². The lowest BCUT2D eigenvalue weighted by atomic mass is 9.87. The molecular formula is C15H29NO. The van der Waals surface area contributed by atoms with Crippen molar-refractivity contribution in [2.24, 2.45) is 5.92 Å². The molecule has 100 valence electrons. The predicted octanol–water partition coefficient (Wildman–Crippen LogP) is 3.53. The molecule has 17 heavy (non-hydrogen) atoms. The van der Waals surface area contributed by atoms with Crippen LogP contribution in [0.5, 0.6) is 0 Å². The Morgan fingerprint density at radius 3 is 2.82 bits per heavy atom. The highest BCUT2D eigenvalue weighted by molar-refractivity contribution is 4.93. The van der Waals surface area contributed by atoms with Gasteiger partial charge in [-0.25, -0.2) is 0 Å². The van der Waals surface area contributed by atoms with Crippen molar-refractivity contribution in [2.75, 3.05) is 13.2 Å². The lowest BCUT2D eigenvalue weighted by Crippen LogP contribution is -2.40. The normalized spacial score (nSPS) is 26.1. The smallest absolute Gasteiger partial charge is 0.0616 e. The molecule has 1 rings (SSSR count). The van der Waals surface area contributed by atoms with Crippen LogP contribution in [0.3, 0.4) is 0 Å². The molecule has 1 aliphatic heterocycles. The molecule has 1 fully saturated rings. The fourth-order valence-corrected chi connectivity index (χ4v) is 2.75. The summed E-state index contributed by atoms with van der Waals surface area (Å²) in [7, 11) is 0. The summed E-state index contributed by atoms with van der Waals surface area (Å²) in [6, 6.07) is 0.610. The molecule has 0 radical (unpaired) electrons. The average Bonchev–Trinajstić information content (AvgIpc) is 2.77. The van der Waals surface area contributed by atoms with Gasteiger partial charge in [0.05, 0.1) is 6.10 Å². The third kappa shape index (κ3) is 4.81. The quantitative estimate of drug-likeness (QED) is 0.654. The van der Waals surface area contributed by atoms with Gasteiger partial charge in [0.2, 0.25) is 0 Å². The average molecular weight is 239 g/mol. The molecule has 0 saturated carbocycles. The second-order valence-corrected chi connectivity index (χ2v) is 5.33. The minimum Gasteiger partial charge on any atom is -0.378 e. The molecule has 0 amide bonds. The van der Waals surface area contributed by atoms with Crippen molar-refractivity contribution in [1.82, 2.24) is 5.32 Å². The van der Waals surface area contributed by atoms with Crippen LogP contribution in [0, 0.1) is 5.92 Å². The maximum Gasteiger partial charge on any atom is 0.0616 e. The monoisotopic (exact) mass is 239 g/mol. The SMILES string of the molecule is C=C(C)CCC(NCCC)C1CCOC1CC. The first-order chi connectivity index (χ1) is 8.19.